The fourth-order valence-corrected chi connectivity index (χ4v) is 4.67. The summed E-state index contributed by atoms with van der Waals surface area (Å²) in [5.74, 6) is 0.615. The highest BCUT2D eigenvalue weighted by Gasteiger charge is 2.44. The smallest absolute Gasteiger partial charge is 0.0758 e. The van der Waals surface area contributed by atoms with E-state index in [2.05, 4.69) is 96.3 Å². The summed E-state index contributed by atoms with van der Waals surface area (Å²) in [6.45, 7) is 2.44. The maximum absolute atomic E-state index is 2.46. The summed E-state index contributed by atoms with van der Waals surface area (Å²) in [4.78, 5) is 0. The van der Waals surface area contributed by atoms with Gasteiger partial charge in [0.15, 0.2) is 0 Å². The molecule has 1 fully saturated rings. The van der Waals surface area contributed by atoms with E-state index < -0.39 is 0 Å². The standard InChI is InChI=1S/C24H25N/c1-4-10-20(11-5-1)24(21-12-6-2-7-13-21,22-14-8-3-9-15-22)23-16-18-25-19-17-23/h1-15,23,25H,16-19H2/p+1. The first-order chi connectivity index (χ1) is 12.4. The van der Waals surface area contributed by atoms with Crippen LogP contribution in [0.2, 0.25) is 0 Å². The molecule has 0 spiro atoms. The average molecular weight is 328 g/mol. The molecule has 1 heteroatoms. The second kappa shape index (κ2) is 7.25. The first-order valence-corrected chi connectivity index (χ1v) is 9.40. The quantitative estimate of drug-likeness (QED) is 0.697. The zero-order chi connectivity index (χ0) is 17.0. The summed E-state index contributed by atoms with van der Waals surface area (Å²) in [5, 5.41) is 2.46. The minimum Gasteiger partial charge on any atom is -0.346 e. The second-order valence-corrected chi connectivity index (χ2v) is 7.05. The fourth-order valence-electron chi connectivity index (χ4n) is 4.67. The van der Waals surface area contributed by atoms with Gasteiger partial charge in [-0.2, -0.15) is 0 Å². The van der Waals surface area contributed by atoms with Gasteiger partial charge in [-0.3, -0.25) is 0 Å². The van der Waals surface area contributed by atoms with Gasteiger partial charge in [-0.05, 0) is 22.6 Å². The lowest BCUT2D eigenvalue weighted by Gasteiger charge is -2.44. The molecular formula is C24H26N+. The van der Waals surface area contributed by atoms with Crippen molar-refractivity contribution in [3.8, 4) is 0 Å². The molecule has 0 bridgehead atoms. The summed E-state index contributed by atoms with van der Waals surface area (Å²) in [6, 6.07) is 33.4. The van der Waals surface area contributed by atoms with Crippen LogP contribution in [0, 0.1) is 5.92 Å². The summed E-state index contributed by atoms with van der Waals surface area (Å²) in [5.41, 5.74) is 4.18. The molecule has 0 amide bonds. The molecule has 126 valence electrons. The molecule has 0 aliphatic carbocycles. The Morgan fingerprint density at radius 3 is 1.28 bits per heavy atom. The van der Waals surface area contributed by atoms with Crippen LogP contribution >= 0.6 is 0 Å². The van der Waals surface area contributed by atoms with Gasteiger partial charge in [0.2, 0.25) is 0 Å². The van der Waals surface area contributed by atoms with E-state index in [0.29, 0.717) is 5.92 Å². The molecule has 0 saturated carbocycles. The molecule has 3 aromatic carbocycles. The maximum Gasteiger partial charge on any atom is 0.0758 e. The van der Waals surface area contributed by atoms with Crippen LogP contribution in [0.4, 0.5) is 0 Å². The largest absolute Gasteiger partial charge is 0.346 e. The normalized spacial score (nSPS) is 15.8. The van der Waals surface area contributed by atoms with Crippen molar-refractivity contribution >= 4 is 0 Å². The summed E-state index contributed by atoms with van der Waals surface area (Å²) in [6.07, 6.45) is 2.50. The monoisotopic (exact) mass is 328 g/mol. The summed E-state index contributed by atoms with van der Waals surface area (Å²) in [7, 11) is 0. The van der Waals surface area contributed by atoms with E-state index in [-0.39, 0.29) is 5.41 Å². The van der Waals surface area contributed by atoms with Crippen LogP contribution in [0.25, 0.3) is 0 Å². The van der Waals surface area contributed by atoms with Gasteiger partial charge in [-0.1, -0.05) is 91.0 Å². The van der Waals surface area contributed by atoms with Crippen molar-refractivity contribution in [2.24, 2.45) is 5.92 Å². The van der Waals surface area contributed by atoms with E-state index in [1.165, 1.54) is 42.6 Å². The number of benzene rings is 3. The highest BCUT2D eigenvalue weighted by Crippen LogP contribution is 2.47. The Labute approximate surface area is 150 Å². The number of hydrogen-bond acceptors (Lipinski definition) is 0. The molecule has 25 heavy (non-hydrogen) atoms. The van der Waals surface area contributed by atoms with Gasteiger partial charge in [0.05, 0.1) is 13.1 Å². The van der Waals surface area contributed by atoms with E-state index in [0.717, 1.165) is 0 Å². The van der Waals surface area contributed by atoms with Crippen LogP contribution in [0.1, 0.15) is 29.5 Å². The summed E-state index contributed by atoms with van der Waals surface area (Å²) < 4.78 is 0. The Kier molecular flexibility index (Phi) is 4.67. The Balaban J connectivity index is 2.01. The highest BCUT2D eigenvalue weighted by molar-refractivity contribution is 5.51. The third kappa shape index (κ3) is 2.89. The minimum absolute atomic E-state index is 0.0714. The van der Waals surface area contributed by atoms with Crippen LogP contribution in [0.5, 0.6) is 0 Å². The minimum atomic E-state index is -0.0714. The Morgan fingerprint density at radius 1 is 0.560 bits per heavy atom. The highest BCUT2D eigenvalue weighted by atomic mass is 14.9. The molecule has 1 nitrogen and oxygen atoms in total. The molecule has 0 aromatic heterocycles. The lowest BCUT2D eigenvalue weighted by molar-refractivity contribution is -0.665. The molecule has 1 saturated heterocycles. The molecule has 1 aliphatic heterocycles. The molecular weight excluding hydrogens is 302 g/mol. The van der Waals surface area contributed by atoms with Gasteiger partial charge in [0.25, 0.3) is 0 Å². The van der Waals surface area contributed by atoms with Gasteiger partial charge >= 0.3 is 0 Å². The van der Waals surface area contributed by atoms with Crippen LogP contribution in [-0.2, 0) is 5.41 Å². The van der Waals surface area contributed by atoms with Crippen LogP contribution in [0.15, 0.2) is 91.0 Å². The van der Waals surface area contributed by atoms with Crippen LogP contribution < -0.4 is 5.32 Å². The molecule has 3 aromatic rings. The Bertz CT molecular complexity index is 677. The van der Waals surface area contributed by atoms with Crippen molar-refractivity contribution in [1.29, 1.82) is 0 Å². The molecule has 0 unspecified atom stereocenters. The number of hydrogen-bond donors (Lipinski definition) is 1. The van der Waals surface area contributed by atoms with E-state index in [4.69, 9.17) is 0 Å². The molecule has 1 heterocycles. The van der Waals surface area contributed by atoms with Crippen molar-refractivity contribution in [1.82, 2.24) is 0 Å². The van der Waals surface area contributed by atoms with Crippen molar-refractivity contribution in [3.63, 3.8) is 0 Å². The first kappa shape index (κ1) is 16.1. The predicted octanol–water partition coefficient (Wildman–Crippen LogP) is 3.99. The lowest BCUT2D eigenvalue weighted by Crippen LogP contribution is -2.86. The van der Waals surface area contributed by atoms with Crippen molar-refractivity contribution in [2.45, 2.75) is 18.3 Å². The molecule has 0 atom stereocenters. The van der Waals surface area contributed by atoms with Crippen molar-refractivity contribution < 1.29 is 5.32 Å². The molecule has 1 aliphatic rings. The van der Waals surface area contributed by atoms with Gasteiger partial charge in [0, 0.05) is 18.3 Å². The Hall–Kier alpha value is -2.38. The third-order valence-corrected chi connectivity index (χ3v) is 5.74. The summed E-state index contributed by atoms with van der Waals surface area (Å²) >= 11 is 0. The number of rotatable bonds is 4. The van der Waals surface area contributed by atoms with Gasteiger partial charge in [-0.25, -0.2) is 0 Å². The van der Waals surface area contributed by atoms with Gasteiger partial charge in [0.1, 0.15) is 0 Å². The van der Waals surface area contributed by atoms with Crippen molar-refractivity contribution in [3.05, 3.63) is 108 Å². The Morgan fingerprint density at radius 2 is 0.920 bits per heavy atom. The molecule has 0 radical (unpaired) electrons. The van der Waals surface area contributed by atoms with E-state index in [1.54, 1.807) is 0 Å². The van der Waals surface area contributed by atoms with E-state index in [1.807, 2.05) is 0 Å². The second-order valence-electron chi connectivity index (χ2n) is 7.05. The topological polar surface area (TPSA) is 16.6 Å². The fraction of sp³-hybridized carbons (Fsp3) is 0.250. The van der Waals surface area contributed by atoms with E-state index in [9.17, 15) is 0 Å². The zero-order valence-corrected chi connectivity index (χ0v) is 14.6. The first-order valence-electron chi connectivity index (χ1n) is 9.40. The predicted molar refractivity (Wildman–Crippen MR) is 104 cm³/mol. The van der Waals surface area contributed by atoms with Gasteiger partial charge in [-0.15, -0.1) is 0 Å². The molecule has 2 N–H and O–H groups in total. The van der Waals surface area contributed by atoms with Crippen molar-refractivity contribution in [2.75, 3.05) is 13.1 Å². The number of quaternary nitrogens is 1. The van der Waals surface area contributed by atoms with Crippen LogP contribution in [-0.4, -0.2) is 13.1 Å². The van der Waals surface area contributed by atoms with Crippen LogP contribution in [0.3, 0.4) is 0 Å². The van der Waals surface area contributed by atoms with E-state index >= 15 is 0 Å². The molecule has 4 rings (SSSR count). The average Bonchev–Trinajstić information content (AvgIpc) is 2.72. The third-order valence-electron chi connectivity index (χ3n) is 5.74. The maximum atomic E-state index is 2.46. The lowest BCUT2D eigenvalue weighted by atomic mass is 9.59. The SMILES string of the molecule is c1ccc(C(c2ccccc2)(c2ccccc2)C2CC[NH2+]CC2)cc1. The number of piperidine rings is 1. The van der Waals surface area contributed by atoms with Gasteiger partial charge < -0.3 is 5.32 Å². The zero-order valence-electron chi connectivity index (χ0n) is 14.6. The number of nitrogens with two attached hydrogens (primary N) is 1.